The number of nitrogens with one attached hydrogen (secondary N) is 1. The maximum absolute atomic E-state index is 6.15. The van der Waals surface area contributed by atoms with E-state index in [-0.39, 0.29) is 0 Å². The van der Waals surface area contributed by atoms with Gasteiger partial charge < -0.3 is 0 Å². The zero-order valence-corrected chi connectivity index (χ0v) is 11.9. The van der Waals surface area contributed by atoms with Gasteiger partial charge in [-0.3, -0.25) is 5.10 Å². The highest BCUT2D eigenvalue weighted by Gasteiger charge is 2.19. The Hall–Kier alpha value is -1.35. The molecule has 1 saturated carbocycles. The highest BCUT2D eigenvalue weighted by molar-refractivity contribution is 6.31. The first-order valence-corrected chi connectivity index (χ1v) is 7.30. The molecular formula is C15H18ClN3. The molecule has 2 aromatic rings. The Morgan fingerprint density at radius 1 is 1.21 bits per heavy atom. The van der Waals surface area contributed by atoms with Crippen LogP contribution in [-0.4, -0.2) is 15.2 Å². The summed E-state index contributed by atoms with van der Waals surface area (Å²) in [5, 5.41) is 8.21. The van der Waals surface area contributed by atoms with E-state index in [4.69, 9.17) is 11.6 Å². The Kier molecular flexibility index (Phi) is 3.56. The number of aryl methyl sites for hydroxylation is 1. The molecule has 0 bridgehead atoms. The first-order valence-electron chi connectivity index (χ1n) is 6.93. The molecule has 0 atom stereocenters. The topological polar surface area (TPSA) is 41.6 Å². The van der Waals surface area contributed by atoms with E-state index in [0.717, 1.165) is 27.8 Å². The second-order valence-electron chi connectivity index (χ2n) is 5.34. The molecule has 100 valence electrons. The van der Waals surface area contributed by atoms with Gasteiger partial charge in [-0.15, -0.1) is 0 Å². The highest BCUT2D eigenvalue weighted by Crippen LogP contribution is 2.31. The lowest BCUT2D eigenvalue weighted by Crippen LogP contribution is -2.06. The van der Waals surface area contributed by atoms with Crippen molar-refractivity contribution in [1.29, 1.82) is 0 Å². The Labute approximate surface area is 118 Å². The number of hydrogen-bond donors (Lipinski definition) is 1. The van der Waals surface area contributed by atoms with Gasteiger partial charge in [-0.05, 0) is 31.4 Å². The largest absolute Gasteiger partial charge is 0.262 e. The van der Waals surface area contributed by atoms with Crippen LogP contribution in [0.3, 0.4) is 0 Å². The second kappa shape index (κ2) is 5.33. The summed E-state index contributed by atoms with van der Waals surface area (Å²) >= 11 is 6.15. The molecule has 0 radical (unpaired) electrons. The van der Waals surface area contributed by atoms with Crippen molar-refractivity contribution in [2.45, 2.75) is 44.9 Å². The quantitative estimate of drug-likeness (QED) is 0.878. The molecule has 0 saturated heterocycles. The van der Waals surface area contributed by atoms with E-state index in [9.17, 15) is 0 Å². The normalized spacial score (nSPS) is 16.7. The zero-order valence-electron chi connectivity index (χ0n) is 11.1. The van der Waals surface area contributed by atoms with Gasteiger partial charge in [-0.1, -0.05) is 43.0 Å². The average Bonchev–Trinajstić information content (AvgIpc) is 2.93. The second-order valence-corrected chi connectivity index (χ2v) is 5.75. The van der Waals surface area contributed by atoms with Crippen LogP contribution in [0.5, 0.6) is 0 Å². The van der Waals surface area contributed by atoms with E-state index in [1.165, 1.54) is 32.1 Å². The fourth-order valence-corrected chi connectivity index (χ4v) is 2.87. The molecule has 3 rings (SSSR count). The third-order valence-corrected chi connectivity index (χ3v) is 4.33. The van der Waals surface area contributed by atoms with Gasteiger partial charge in [-0.2, -0.15) is 5.10 Å². The van der Waals surface area contributed by atoms with Crippen LogP contribution in [0.1, 0.15) is 49.4 Å². The molecule has 1 fully saturated rings. The molecule has 1 aromatic heterocycles. The van der Waals surface area contributed by atoms with Crippen molar-refractivity contribution in [2.24, 2.45) is 0 Å². The van der Waals surface area contributed by atoms with Gasteiger partial charge in [-0.25, -0.2) is 4.98 Å². The molecule has 1 heterocycles. The van der Waals surface area contributed by atoms with Crippen LogP contribution in [0.4, 0.5) is 0 Å². The average molecular weight is 276 g/mol. The van der Waals surface area contributed by atoms with Crippen molar-refractivity contribution in [2.75, 3.05) is 0 Å². The number of nitrogens with zero attached hydrogens (tertiary/aromatic N) is 2. The van der Waals surface area contributed by atoms with E-state index < -0.39 is 0 Å². The van der Waals surface area contributed by atoms with Gasteiger partial charge in [0.25, 0.3) is 0 Å². The Morgan fingerprint density at radius 3 is 2.74 bits per heavy atom. The monoisotopic (exact) mass is 275 g/mol. The van der Waals surface area contributed by atoms with Crippen molar-refractivity contribution in [3.05, 3.63) is 34.6 Å². The molecule has 4 heteroatoms. The fourth-order valence-electron chi connectivity index (χ4n) is 2.69. The number of halogens is 1. The van der Waals surface area contributed by atoms with Crippen molar-refractivity contribution >= 4 is 11.6 Å². The number of hydrogen-bond acceptors (Lipinski definition) is 2. The van der Waals surface area contributed by atoms with E-state index in [1.807, 2.05) is 25.1 Å². The molecule has 1 N–H and O–H groups in total. The highest BCUT2D eigenvalue weighted by atomic mass is 35.5. The molecule has 0 unspecified atom stereocenters. The molecule has 0 aliphatic heterocycles. The molecule has 1 aliphatic rings. The van der Waals surface area contributed by atoms with Crippen LogP contribution < -0.4 is 0 Å². The maximum Gasteiger partial charge on any atom is 0.181 e. The summed E-state index contributed by atoms with van der Waals surface area (Å²) in [5.41, 5.74) is 2.06. The van der Waals surface area contributed by atoms with Crippen molar-refractivity contribution < 1.29 is 0 Å². The zero-order chi connectivity index (χ0) is 13.2. The minimum Gasteiger partial charge on any atom is -0.262 e. The van der Waals surface area contributed by atoms with E-state index in [1.54, 1.807) is 0 Å². The molecular weight excluding hydrogens is 258 g/mol. The maximum atomic E-state index is 6.15. The van der Waals surface area contributed by atoms with Crippen LogP contribution in [0.25, 0.3) is 11.4 Å². The Balaban J connectivity index is 1.85. The van der Waals surface area contributed by atoms with Crippen molar-refractivity contribution in [3.8, 4) is 11.4 Å². The molecule has 19 heavy (non-hydrogen) atoms. The number of benzene rings is 1. The smallest absolute Gasteiger partial charge is 0.181 e. The predicted octanol–water partition coefficient (Wildman–Crippen LogP) is 4.48. The van der Waals surface area contributed by atoms with Crippen molar-refractivity contribution in [1.82, 2.24) is 15.2 Å². The molecule has 1 aliphatic carbocycles. The van der Waals surface area contributed by atoms with E-state index >= 15 is 0 Å². The molecule has 3 nitrogen and oxygen atoms in total. The molecule has 0 spiro atoms. The third-order valence-electron chi connectivity index (χ3n) is 3.92. The van der Waals surface area contributed by atoms with Crippen LogP contribution in [0.15, 0.2) is 18.2 Å². The number of rotatable bonds is 2. The van der Waals surface area contributed by atoms with Crippen LogP contribution in [0, 0.1) is 6.92 Å². The van der Waals surface area contributed by atoms with Crippen LogP contribution in [0.2, 0.25) is 5.02 Å². The molecule has 1 aromatic carbocycles. The van der Waals surface area contributed by atoms with Gasteiger partial charge in [0, 0.05) is 16.5 Å². The van der Waals surface area contributed by atoms with Gasteiger partial charge >= 0.3 is 0 Å². The lowest BCUT2D eigenvalue weighted by atomic mass is 9.89. The number of aromatic nitrogens is 3. The lowest BCUT2D eigenvalue weighted by molar-refractivity contribution is 0.429. The van der Waals surface area contributed by atoms with Crippen LogP contribution in [-0.2, 0) is 0 Å². The number of H-pyrrole nitrogens is 1. The van der Waals surface area contributed by atoms with E-state index in [0.29, 0.717) is 5.92 Å². The first kappa shape index (κ1) is 12.7. The summed E-state index contributed by atoms with van der Waals surface area (Å²) in [6, 6.07) is 5.97. The fraction of sp³-hybridized carbons (Fsp3) is 0.467. The van der Waals surface area contributed by atoms with Crippen LogP contribution >= 0.6 is 11.6 Å². The molecule has 0 amide bonds. The van der Waals surface area contributed by atoms with Gasteiger partial charge in [0.05, 0.1) is 0 Å². The Morgan fingerprint density at radius 2 is 2.00 bits per heavy atom. The summed E-state index contributed by atoms with van der Waals surface area (Å²) < 4.78 is 0. The van der Waals surface area contributed by atoms with Crippen molar-refractivity contribution in [3.63, 3.8) is 0 Å². The van der Waals surface area contributed by atoms with E-state index in [2.05, 4.69) is 15.2 Å². The summed E-state index contributed by atoms with van der Waals surface area (Å²) in [7, 11) is 0. The summed E-state index contributed by atoms with van der Waals surface area (Å²) in [6.45, 7) is 2.00. The standard InChI is InChI=1S/C15H18ClN3/c1-10-7-8-12(9-13(10)16)15-17-14(18-19-15)11-5-3-2-4-6-11/h7-9,11H,2-6H2,1H3,(H,17,18,19). The minimum absolute atomic E-state index is 0.552. The lowest BCUT2D eigenvalue weighted by Gasteiger charge is -2.18. The minimum atomic E-state index is 0.552. The number of aromatic amines is 1. The summed E-state index contributed by atoms with van der Waals surface area (Å²) in [4.78, 5) is 4.65. The Bertz CT molecular complexity index is 571. The summed E-state index contributed by atoms with van der Waals surface area (Å²) in [6.07, 6.45) is 6.41. The van der Waals surface area contributed by atoms with Gasteiger partial charge in [0.15, 0.2) is 5.82 Å². The predicted molar refractivity (Wildman–Crippen MR) is 77.4 cm³/mol. The summed E-state index contributed by atoms with van der Waals surface area (Å²) in [5.74, 6) is 2.34. The van der Waals surface area contributed by atoms with Gasteiger partial charge in [0.1, 0.15) is 5.82 Å². The first-order chi connectivity index (χ1) is 9.24. The third kappa shape index (κ3) is 2.66. The van der Waals surface area contributed by atoms with Gasteiger partial charge in [0.2, 0.25) is 0 Å². The SMILES string of the molecule is Cc1ccc(-c2n[nH]c(C3CCCCC3)n2)cc1Cl.